The Morgan fingerprint density at radius 2 is 1.97 bits per heavy atom. The molecular formula is C23H25ClF3N5O2. The quantitative estimate of drug-likeness (QED) is 0.703. The van der Waals surface area contributed by atoms with Gasteiger partial charge in [0.15, 0.2) is 0 Å². The largest absolute Gasteiger partial charge is 0.416 e. The molecule has 0 unspecified atom stereocenters. The molecule has 1 N–H and O–H groups in total. The number of pyridine rings is 1. The second-order valence-corrected chi connectivity index (χ2v) is 8.99. The van der Waals surface area contributed by atoms with Crippen LogP contribution >= 0.6 is 11.6 Å². The van der Waals surface area contributed by atoms with Crippen molar-refractivity contribution in [3.63, 3.8) is 0 Å². The van der Waals surface area contributed by atoms with Crippen LogP contribution in [-0.4, -0.2) is 56.6 Å². The van der Waals surface area contributed by atoms with Gasteiger partial charge in [-0.2, -0.15) is 13.2 Å². The molecule has 0 saturated carbocycles. The third kappa shape index (κ3) is 4.32. The van der Waals surface area contributed by atoms with Crippen LogP contribution in [0.5, 0.6) is 0 Å². The number of benzene rings is 1. The second kappa shape index (κ2) is 9.07. The number of amides is 2. The molecule has 3 heterocycles. The fraction of sp³-hybridized carbons (Fsp3) is 0.435. The van der Waals surface area contributed by atoms with Crippen LogP contribution in [0.2, 0.25) is 5.02 Å². The maximum absolute atomic E-state index is 13.7. The number of para-hydroxylation sites is 1. The summed E-state index contributed by atoms with van der Waals surface area (Å²) in [4.78, 5) is 35.6. The highest BCUT2D eigenvalue weighted by atomic mass is 35.5. The normalized spacial score (nSPS) is 20.9. The summed E-state index contributed by atoms with van der Waals surface area (Å²) in [6.07, 6.45) is -4.59. The number of halogens is 4. The van der Waals surface area contributed by atoms with Crippen LogP contribution in [-0.2, 0) is 15.8 Å². The van der Waals surface area contributed by atoms with Gasteiger partial charge in [0.1, 0.15) is 11.9 Å². The lowest BCUT2D eigenvalue weighted by molar-refractivity contribution is -0.137. The Kier molecular flexibility index (Phi) is 6.48. The molecule has 0 spiro atoms. The topological polar surface area (TPSA) is 68.8 Å². The minimum atomic E-state index is -4.61. The zero-order valence-electron chi connectivity index (χ0n) is 19.0. The van der Waals surface area contributed by atoms with Crippen LogP contribution in [0.15, 0.2) is 30.3 Å². The number of likely N-dealkylation sites (N-methyl/N-ethyl adjacent to an activating group) is 2. The number of alkyl halides is 3. The Labute approximate surface area is 200 Å². The van der Waals surface area contributed by atoms with E-state index in [2.05, 4.69) is 10.3 Å². The highest BCUT2D eigenvalue weighted by molar-refractivity contribution is 6.34. The first kappa shape index (κ1) is 24.3. The van der Waals surface area contributed by atoms with Crippen molar-refractivity contribution in [2.45, 2.75) is 25.6 Å². The Morgan fingerprint density at radius 1 is 1.24 bits per heavy atom. The van der Waals surface area contributed by atoms with Crippen molar-refractivity contribution in [1.82, 2.24) is 10.3 Å². The van der Waals surface area contributed by atoms with Crippen molar-refractivity contribution in [3.05, 3.63) is 46.6 Å². The first-order valence-electron chi connectivity index (χ1n) is 10.9. The van der Waals surface area contributed by atoms with Crippen LogP contribution in [0.1, 0.15) is 17.7 Å². The molecule has 0 radical (unpaired) electrons. The van der Waals surface area contributed by atoms with Gasteiger partial charge in [0.05, 0.1) is 22.0 Å². The van der Waals surface area contributed by atoms with E-state index in [0.717, 1.165) is 17.0 Å². The summed E-state index contributed by atoms with van der Waals surface area (Å²) in [6, 6.07) is 6.01. The Bertz CT molecular complexity index is 1130. The monoisotopic (exact) mass is 495 g/mol. The highest BCUT2D eigenvalue weighted by Crippen LogP contribution is 2.42. The zero-order valence-corrected chi connectivity index (χ0v) is 19.7. The molecule has 2 atom stereocenters. The minimum absolute atomic E-state index is 0.0110. The Morgan fingerprint density at radius 3 is 2.65 bits per heavy atom. The smallest absolute Gasteiger partial charge is 0.367 e. The van der Waals surface area contributed by atoms with E-state index in [1.54, 1.807) is 25.2 Å². The van der Waals surface area contributed by atoms with Crippen molar-refractivity contribution >= 4 is 40.6 Å². The predicted molar refractivity (Wildman–Crippen MR) is 124 cm³/mol. The predicted octanol–water partition coefficient (Wildman–Crippen LogP) is 3.49. The van der Waals surface area contributed by atoms with Crippen LogP contribution in [0.4, 0.5) is 30.4 Å². The number of aromatic nitrogens is 1. The molecule has 4 rings (SSSR count). The summed E-state index contributed by atoms with van der Waals surface area (Å²) in [6.45, 7) is 2.96. The summed E-state index contributed by atoms with van der Waals surface area (Å²) in [5, 5.41) is 3.57. The SMILES string of the molecule is CNCCN1C[C@H]2CC(=O)N(c3cc(C(F)(F)F)cc(C)n3)[C@@H]2C(=O)N(C)c2cccc(Cl)c21. The fourth-order valence-electron chi connectivity index (χ4n) is 4.71. The minimum Gasteiger partial charge on any atom is -0.367 e. The number of carbonyl (C=O) groups excluding carboxylic acids is 2. The van der Waals surface area contributed by atoms with Gasteiger partial charge in [-0.25, -0.2) is 4.98 Å². The molecule has 2 amide bonds. The lowest BCUT2D eigenvalue weighted by Crippen LogP contribution is -2.53. The number of carbonyl (C=O) groups is 2. The van der Waals surface area contributed by atoms with E-state index >= 15 is 0 Å². The van der Waals surface area contributed by atoms with Crippen molar-refractivity contribution in [1.29, 1.82) is 0 Å². The molecular weight excluding hydrogens is 471 g/mol. The number of hydrogen-bond donors (Lipinski definition) is 1. The number of nitrogens with zero attached hydrogens (tertiary/aromatic N) is 4. The van der Waals surface area contributed by atoms with Gasteiger partial charge >= 0.3 is 6.18 Å². The molecule has 1 aromatic heterocycles. The third-order valence-electron chi connectivity index (χ3n) is 6.26. The van der Waals surface area contributed by atoms with Gasteiger partial charge in [-0.1, -0.05) is 17.7 Å². The molecule has 2 aliphatic rings. The van der Waals surface area contributed by atoms with Crippen LogP contribution < -0.4 is 20.0 Å². The fourth-order valence-corrected chi connectivity index (χ4v) is 5.00. The van der Waals surface area contributed by atoms with E-state index in [4.69, 9.17) is 11.6 Å². The molecule has 2 aromatic rings. The number of fused-ring (bicyclic) bond motifs is 2. The van der Waals surface area contributed by atoms with Crippen molar-refractivity contribution in [3.8, 4) is 0 Å². The zero-order chi connectivity index (χ0) is 24.8. The first-order valence-corrected chi connectivity index (χ1v) is 11.2. The second-order valence-electron chi connectivity index (χ2n) is 8.58. The van der Waals surface area contributed by atoms with Gasteiger partial charge in [0, 0.05) is 44.7 Å². The van der Waals surface area contributed by atoms with Gasteiger partial charge in [-0.05, 0) is 38.2 Å². The maximum Gasteiger partial charge on any atom is 0.416 e. The van der Waals surface area contributed by atoms with Crippen LogP contribution in [0.25, 0.3) is 0 Å². The molecule has 2 aliphatic heterocycles. The molecule has 1 saturated heterocycles. The molecule has 7 nitrogen and oxygen atoms in total. The van der Waals surface area contributed by atoms with E-state index in [-0.39, 0.29) is 17.9 Å². The van der Waals surface area contributed by atoms with Gasteiger partial charge in [0.2, 0.25) is 11.8 Å². The molecule has 11 heteroatoms. The first-order chi connectivity index (χ1) is 16.0. The maximum atomic E-state index is 13.7. The summed E-state index contributed by atoms with van der Waals surface area (Å²) in [5.41, 5.74) is 0.457. The van der Waals surface area contributed by atoms with E-state index in [1.165, 1.54) is 11.8 Å². The van der Waals surface area contributed by atoms with Crippen molar-refractivity contribution < 1.29 is 22.8 Å². The van der Waals surface area contributed by atoms with E-state index < -0.39 is 35.5 Å². The Balaban J connectivity index is 1.82. The van der Waals surface area contributed by atoms with Gasteiger partial charge in [-0.15, -0.1) is 0 Å². The highest BCUT2D eigenvalue weighted by Gasteiger charge is 2.49. The number of nitrogens with one attached hydrogen (secondary N) is 1. The number of aryl methyl sites for hydroxylation is 1. The summed E-state index contributed by atoms with van der Waals surface area (Å²) < 4.78 is 40.4. The van der Waals surface area contributed by atoms with E-state index in [0.29, 0.717) is 36.0 Å². The molecule has 1 fully saturated rings. The molecule has 34 heavy (non-hydrogen) atoms. The van der Waals surface area contributed by atoms with Gasteiger partial charge < -0.3 is 15.1 Å². The van der Waals surface area contributed by atoms with Gasteiger partial charge in [0.25, 0.3) is 0 Å². The lowest BCUT2D eigenvalue weighted by Gasteiger charge is -2.39. The van der Waals surface area contributed by atoms with Gasteiger partial charge in [-0.3, -0.25) is 14.5 Å². The van der Waals surface area contributed by atoms with Crippen LogP contribution in [0, 0.1) is 12.8 Å². The van der Waals surface area contributed by atoms with E-state index in [1.807, 2.05) is 11.9 Å². The third-order valence-corrected chi connectivity index (χ3v) is 6.56. The van der Waals surface area contributed by atoms with Crippen molar-refractivity contribution in [2.75, 3.05) is 48.4 Å². The lowest BCUT2D eigenvalue weighted by atomic mass is 9.95. The van der Waals surface area contributed by atoms with Crippen LogP contribution in [0.3, 0.4) is 0 Å². The summed E-state index contributed by atoms with van der Waals surface area (Å²) >= 11 is 6.53. The number of hydrogen-bond acceptors (Lipinski definition) is 5. The average molecular weight is 496 g/mol. The standard InChI is InChI=1S/C23H25ClF3N5O2/c1-13-9-15(23(25,26)27)11-18(29-13)32-19(33)10-14-12-31(8-7-28-2)21-16(24)5-4-6-17(21)30(3)22(34)20(14)32/h4-6,9,11,14,20,28H,7-8,10,12H2,1-3H3/t14-,20+/m1/s1. The molecule has 1 aromatic carbocycles. The molecule has 0 bridgehead atoms. The molecule has 0 aliphatic carbocycles. The number of rotatable bonds is 4. The van der Waals surface area contributed by atoms with Crippen molar-refractivity contribution in [2.24, 2.45) is 5.92 Å². The summed E-state index contributed by atoms with van der Waals surface area (Å²) in [5.74, 6) is -1.46. The average Bonchev–Trinajstić information content (AvgIpc) is 3.09. The number of anilines is 3. The molecule has 182 valence electrons. The summed E-state index contributed by atoms with van der Waals surface area (Å²) in [7, 11) is 3.40. The Hall–Kier alpha value is -2.85. The van der Waals surface area contributed by atoms with E-state index in [9.17, 15) is 22.8 Å².